The lowest BCUT2D eigenvalue weighted by Crippen LogP contribution is -2.39. The maximum absolute atomic E-state index is 12.7. The van der Waals surface area contributed by atoms with Gasteiger partial charge in [-0.1, -0.05) is 0 Å². The van der Waals surface area contributed by atoms with Crippen LogP contribution in [0.2, 0.25) is 0 Å². The number of nitrogen functional groups attached to an aromatic ring is 1. The Balaban J connectivity index is 2.15. The van der Waals surface area contributed by atoms with Crippen LogP contribution in [-0.2, 0) is 0 Å². The molecule has 1 fully saturated rings. The van der Waals surface area contributed by atoms with Gasteiger partial charge in [-0.05, 0) is 37.5 Å². The largest absolute Gasteiger partial charge is 0.397 e. The molecule has 3 nitrogen and oxygen atoms in total. The van der Waals surface area contributed by atoms with E-state index in [0.717, 1.165) is 16.9 Å². The molecule has 0 amide bonds. The maximum Gasteiger partial charge on any atom is 0.391 e. The molecule has 2 rings (SSSR count). The molecule has 0 unspecified atom stereocenters. The highest BCUT2D eigenvalue weighted by molar-refractivity contribution is 5.74. The van der Waals surface area contributed by atoms with E-state index in [9.17, 15) is 13.2 Å². The normalized spacial score (nSPS) is 17.4. The van der Waals surface area contributed by atoms with E-state index in [-0.39, 0.29) is 12.8 Å². The fourth-order valence-electron chi connectivity index (χ4n) is 2.72. The number of piperidine rings is 1. The minimum atomic E-state index is -4.07. The average Bonchev–Trinajstić information content (AvgIpc) is 2.38. The number of halogens is 3. The molecule has 1 saturated heterocycles. The molecule has 0 aromatic heterocycles. The molecule has 0 radical (unpaired) electrons. The number of anilines is 3. The molecule has 0 saturated carbocycles. The summed E-state index contributed by atoms with van der Waals surface area (Å²) >= 11 is 0. The van der Waals surface area contributed by atoms with Crippen LogP contribution in [0.25, 0.3) is 0 Å². The topological polar surface area (TPSA) is 41.3 Å². The van der Waals surface area contributed by atoms with E-state index in [2.05, 4.69) is 5.32 Å². The molecular weight excluding hydrogens is 267 g/mol. The first kappa shape index (κ1) is 14.8. The van der Waals surface area contributed by atoms with Gasteiger partial charge >= 0.3 is 6.18 Å². The fourth-order valence-corrected chi connectivity index (χ4v) is 2.72. The van der Waals surface area contributed by atoms with Crippen LogP contribution in [0.5, 0.6) is 0 Å². The van der Waals surface area contributed by atoms with Gasteiger partial charge in [0.05, 0.1) is 17.3 Å². The Morgan fingerprint density at radius 2 is 1.85 bits per heavy atom. The van der Waals surface area contributed by atoms with Gasteiger partial charge in [-0.15, -0.1) is 0 Å². The molecule has 1 aliphatic rings. The van der Waals surface area contributed by atoms with Crippen LogP contribution in [0.4, 0.5) is 30.2 Å². The van der Waals surface area contributed by atoms with Gasteiger partial charge in [0.2, 0.25) is 0 Å². The number of aryl methyl sites for hydroxylation is 1. The molecule has 1 heterocycles. The third kappa shape index (κ3) is 2.94. The van der Waals surface area contributed by atoms with Crippen molar-refractivity contribution in [3.05, 3.63) is 17.7 Å². The number of nitrogens with zero attached hydrogens (tertiary/aromatic N) is 1. The van der Waals surface area contributed by atoms with E-state index in [0.29, 0.717) is 18.8 Å². The van der Waals surface area contributed by atoms with E-state index >= 15 is 0 Å². The van der Waals surface area contributed by atoms with Gasteiger partial charge in [-0.25, -0.2) is 0 Å². The lowest BCUT2D eigenvalue weighted by molar-refractivity contribution is -0.179. The van der Waals surface area contributed by atoms with Crippen LogP contribution in [0.3, 0.4) is 0 Å². The quantitative estimate of drug-likeness (QED) is 0.819. The maximum atomic E-state index is 12.7. The number of rotatable bonds is 2. The van der Waals surface area contributed by atoms with Crippen LogP contribution < -0.4 is 16.0 Å². The highest BCUT2D eigenvalue weighted by Gasteiger charge is 2.41. The molecule has 1 aromatic carbocycles. The molecule has 0 aliphatic carbocycles. The Bertz CT molecular complexity index is 477. The van der Waals surface area contributed by atoms with Gasteiger partial charge in [0, 0.05) is 25.8 Å². The van der Waals surface area contributed by atoms with Crippen molar-refractivity contribution in [1.82, 2.24) is 0 Å². The van der Waals surface area contributed by atoms with Crippen LogP contribution in [0, 0.1) is 12.8 Å². The van der Waals surface area contributed by atoms with Crippen molar-refractivity contribution < 1.29 is 13.2 Å². The fraction of sp³-hybridized carbons (Fsp3) is 0.571. The van der Waals surface area contributed by atoms with E-state index in [1.807, 2.05) is 24.0 Å². The second kappa shape index (κ2) is 5.42. The predicted octanol–water partition coefficient (Wildman–Crippen LogP) is 3.40. The van der Waals surface area contributed by atoms with E-state index in [1.165, 1.54) is 0 Å². The van der Waals surface area contributed by atoms with E-state index in [1.54, 1.807) is 7.05 Å². The minimum Gasteiger partial charge on any atom is -0.397 e. The van der Waals surface area contributed by atoms with Gasteiger partial charge in [0.25, 0.3) is 0 Å². The second-order valence-corrected chi connectivity index (χ2v) is 5.28. The van der Waals surface area contributed by atoms with Crippen molar-refractivity contribution >= 4 is 17.1 Å². The highest BCUT2D eigenvalue weighted by atomic mass is 19.4. The summed E-state index contributed by atoms with van der Waals surface area (Å²) in [6.45, 7) is 2.79. The van der Waals surface area contributed by atoms with E-state index < -0.39 is 12.1 Å². The van der Waals surface area contributed by atoms with Crippen molar-refractivity contribution in [3.63, 3.8) is 0 Å². The smallest absolute Gasteiger partial charge is 0.391 e. The van der Waals surface area contributed by atoms with Crippen molar-refractivity contribution in [3.8, 4) is 0 Å². The SMILES string of the molecule is CNc1cc(N2CCC(C(F)(F)F)CC2)c(C)cc1N. The average molecular weight is 287 g/mol. The van der Waals surface area contributed by atoms with Crippen LogP contribution in [0.15, 0.2) is 12.1 Å². The summed E-state index contributed by atoms with van der Waals surface area (Å²) in [5.74, 6) is -1.17. The number of hydrogen-bond acceptors (Lipinski definition) is 3. The van der Waals surface area contributed by atoms with Crippen molar-refractivity contribution in [1.29, 1.82) is 0 Å². The number of hydrogen-bond donors (Lipinski definition) is 2. The monoisotopic (exact) mass is 287 g/mol. The Kier molecular flexibility index (Phi) is 4.01. The molecule has 6 heteroatoms. The first-order valence-electron chi connectivity index (χ1n) is 6.72. The summed E-state index contributed by atoms with van der Waals surface area (Å²) in [6.07, 6.45) is -3.76. The molecule has 20 heavy (non-hydrogen) atoms. The molecule has 112 valence electrons. The summed E-state index contributed by atoms with van der Waals surface area (Å²) in [7, 11) is 1.78. The van der Waals surface area contributed by atoms with Gasteiger partial charge in [0.1, 0.15) is 0 Å². The van der Waals surface area contributed by atoms with Gasteiger partial charge in [0.15, 0.2) is 0 Å². The summed E-state index contributed by atoms with van der Waals surface area (Å²) in [5, 5.41) is 3.00. The van der Waals surface area contributed by atoms with Crippen molar-refractivity contribution in [2.45, 2.75) is 25.9 Å². The molecule has 0 atom stereocenters. The highest BCUT2D eigenvalue weighted by Crippen LogP contribution is 2.37. The van der Waals surface area contributed by atoms with Gasteiger partial charge in [-0.2, -0.15) is 13.2 Å². The zero-order chi connectivity index (χ0) is 14.9. The Hall–Kier alpha value is -1.59. The zero-order valence-corrected chi connectivity index (χ0v) is 11.7. The lowest BCUT2D eigenvalue weighted by Gasteiger charge is -2.35. The van der Waals surface area contributed by atoms with Crippen molar-refractivity contribution in [2.24, 2.45) is 5.92 Å². The summed E-state index contributed by atoms with van der Waals surface area (Å²) in [6, 6.07) is 3.77. The lowest BCUT2D eigenvalue weighted by atomic mass is 9.95. The van der Waals surface area contributed by atoms with Crippen molar-refractivity contribution in [2.75, 3.05) is 36.1 Å². The predicted molar refractivity (Wildman–Crippen MR) is 76.1 cm³/mol. The summed E-state index contributed by atoms with van der Waals surface area (Å²) < 4.78 is 38.0. The number of nitrogens with one attached hydrogen (secondary N) is 1. The molecule has 1 aliphatic heterocycles. The minimum absolute atomic E-state index is 0.155. The second-order valence-electron chi connectivity index (χ2n) is 5.28. The molecular formula is C14H20F3N3. The zero-order valence-electron chi connectivity index (χ0n) is 11.7. The Morgan fingerprint density at radius 3 is 2.35 bits per heavy atom. The van der Waals surface area contributed by atoms with E-state index in [4.69, 9.17) is 5.73 Å². The number of nitrogens with two attached hydrogens (primary N) is 1. The third-order valence-corrected chi connectivity index (χ3v) is 3.94. The molecule has 3 N–H and O–H groups in total. The standard InChI is InChI=1S/C14H20F3N3/c1-9-7-11(18)12(19-2)8-13(9)20-5-3-10(4-6-20)14(15,16)17/h7-8,10,19H,3-6,18H2,1-2H3. The Labute approximate surface area is 116 Å². The number of benzene rings is 1. The van der Waals surface area contributed by atoms with Crippen LogP contribution >= 0.6 is 0 Å². The third-order valence-electron chi connectivity index (χ3n) is 3.94. The van der Waals surface area contributed by atoms with Gasteiger partial charge in [-0.3, -0.25) is 0 Å². The molecule has 0 bridgehead atoms. The number of alkyl halides is 3. The van der Waals surface area contributed by atoms with Crippen LogP contribution in [-0.4, -0.2) is 26.3 Å². The van der Waals surface area contributed by atoms with Crippen LogP contribution in [0.1, 0.15) is 18.4 Å². The molecule has 1 aromatic rings. The summed E-state index contributed by atoms with van der Waals surface area (Å²) in [4.78, 5) is 2.01. The Morgan fingerprint density at radius 1 is 1.25 bits per heavy atom. The van der Waals surface area contributed by atoms with Gasteiger partial charge < -0.3 is 16.0 Å². The molecule has 0 spiro atoms. The summed E-state index contributed by atoms with van der Waals surface area (Å²) in [5.41, 5.74) is 9.30. The first-order valence-corrected chi connectivity index (χ1v) is 6.72. The first-order chi connectivity index (χ1) is 9.32.